The number of aliphatic hydroxyl groups excluding tert-OH is 2. The summed E-state index contributed by atoms with van der Waals surface area (Å²) in [6.07, 6.45) is -0.0705. The van der Waals surface area contributed by atoms with Gasteiger partial charge in [0.1, 0.15) is 76.9 Å². The Balaban J connectivity index is 1.19. The third-order valence-corrected chi connectivity index (χ3v) is 20.7. The molecule has 2 unspecified atom stereocenters. The lowest BCUT2D eigenvalue weighted by Gasteiger charge is -2.36. The highest BCUT2D eigenvalue weighted by Crippen LogP contribution is 2.26. The lowest BCUT2D eigenvalue weighted by Crippen LogP contribution is -2.67. The van der Waals surface area contributed by atoms with E-state index in [1.54, 1.807) is 89.5 Å². The molecule has 12 amide bonds. The number of thioether (sulfide) groups is 2. The van der Waals surface area contributed by atoms with Gasteiger partial charge in [-0.2, -0.15) is 23.5 Å². The highest BCUT2D eigenvalue weighted by molar-refractivity contribution is 7.98. The van der Waals surface area contributed by atoms with Crippen molar-refractivity contribution in [3.8, 4) is 5.75 Å². The number of nitrogens with two attached hydrogens (primary N) is 1. The summed E-state index contributed by atoms with van der Waals surface area (Å²) < 4.78 is 0. The standard InChI is InChI=1S/C74H100N14O15S2/c1-40(2)74(11)71(103)85-58(43(5)90)67(99)82-54(60(75)93)39-105-38-47-21-15-20-46(32-47)37-104-31-28-56(92)83-59(72(6,7)8)68(100)81-53(34-44-18-13-12-14-19-44)69(101)88-30-17-23-55(88)65(97)84-57(42(4)89)66(98)80-52(35-48-36-77-61-50(48)22-16-29-76-61)63(95)86-73(9,10)70(102)78-41(3)62(94)79-51(64(96)87-74)33-45-24-26-49(91)27-25-45/h12-16,18-22,24-27,29,32,36,40-43,51-55,57-59,89-91H,17,23,28,30-31,33-35,37-39H2,1-11H3,(H2,75,93)(H,76,77)(H,78,102)(H,79,94)(H,80,98)(H,81,100)(H,82,99)(H,83,92)(H,84,97)(H,85,103)(H,86,95)(H,87,96)/t41-,42+,43-,51-,52-,53-,54+,55-,57-,58?,59?,74-/m0/s1. The molecule has 7 rings (SSSR count). The summed E-state index contributed by atoms with van der Waals surface area (Å²) in [6.45, 7) is 16.4. The van der Waals surface area contributed by atoms with Gasteiger partial charge in [0, 0.05) is 73.0 Å². The number of H-pyrrole nitrogens is 1. The first-order chi connectivity index (χ1) is 49.4. The predicted molar refractivity (Wildman–Crippen MR) is 397 cm³/mol. The van der Waals surface area contributed by atoms with Crippen LogP contribution in [0.15, 0.2) is 103 Å². The summed E-state index contributed by atoms with van der Waals surface area (Å²) in [6, 6.07) is 12.7. The third-order valence-electron chi connectivity index (χ3n) is 18.6. The summed E-state index contributed by atoms with van der Waals surface area (Å²) in [7, 11) is 0. The molecule has 29 nitrogen and oxygen atoms in total. The number of carbonyl (C=O) groups is 12. The van der Waals surface area contributed by atoms with E-state index in [-0.39, 0.29) is 50.2 Å². The molecule has 2 aromatic heterocycles. The van der Waals surface area contributed by atoms with Crippen molar-refractivity contribution < 1.29 is 72.9 Å². The molecule has 12 atom stereocenters. The van der Waals surface area contributed by atoms with Crippen LogP contribution in [0.1, 0.15) is 123 Å². The number of carbonyl (C=O) groups excluding carboxylic acids is 12. The van der Waals surface area contributed by atoms with Gasteiger partial charge in [0.05, 0.1) is 12.2 Å². The van der Waals surface area contributed by atoms with E-state index in [1.807, 2.05) is 24.3 Å². The molecule has 1 saturated heterocycles. The predicted octanol–water partition coefficient (Wildman–Crippen LogP) is 1.47. The van der Waals surface area contributed by atoms with E-state index in [1.165, 1.54) is 94.2 Å². The first-order valence-corrected chi connectivity index (χ1v) is 37.3. The maximum Gasteiger partial charge on any atom is 0.246 e. The number of aromatic nitrogens is 2. The van der Waals surface area contributed by atoms with Crippen molar-refractivity contribution >= 4 is 105 Å². The number of hydrogen-bond donors (Lipinski definition) is 15. The zero-order valence-electron chi connectivity index (χ0n) is 61.1. The number of aromatic hydroxyl groups is 1. The van der Waals surface area contributed by atoms with E-state index in [2.05, 4.69) is 63.1 Å². The second-order valence-electron chi connectivity index (χ2n) is 28.9. The van der Waals surface area contributed by atoms with Gasteiger partial charge in [-0.25, -0.2) is 4.98 Å². The number of hydrogen-bond acceptors (Lipinski definition) is 18. The molecule has 2 aliphatic heterocycles. The molecule has 2 aliphatic rings. The Bertz CT molecular complexity index is 3940. The molecule has 0 spiro atoms. The Morgan fingerprint density at radius 2 is 1.23 bits per heavy atom. The number of aliphatic hydroxyl groups is 2. The van der Waals surface area contributed by atoms with E-state index in [4.69, 9.17) is 5.73 Å². The number of benzene rings is 3. The van der Waals surface area contributed by atoms with Crippen LogP contribution in [0.4, 0.5) is 0 Å². The van der Waals surface area contributed by atoms with Crippen molar-refractivity contribution in [1.29, 1.82) is 0 Å². The van der Waals surface area contributed by atoms with Crippen molar-refractivity contribution in [3.63, 3.8) is 0 Å². The largest absolute Gasteiger partial charge is 0.508 e. The summed E-state index contributed by atoms with van der Waals surface area (Å²) in [5.74, 6) is -9.72. The zero-order chi connectivity index (χ0) is 77.3. The normalized spacial score (nSPS) is 25.6. The van der Waals surface area contributed by atoms with Crippen molar-refractivity contribution in [3.05, 3.63) is 131 Å². The number of primary amides is 1. The van der Waals surface area contributed by atoms with Crippen molar-refractivity contribution in [1.82, 2.24) is 68.0 Å². The van der Waals surface area contributed by atoms with Gasteiger partial charge in [-0.05, 0) is 118 Å². The number of fused-ring (bicyclic) bond motifs is 4. The summed E-state index contributed by atoms with van der Waals surface area (Å²) in [4.78, 5) is 181. The molecule has 1 fully saturated rings. The summed E-state index contributed by atoms with van der Waals surface area (Å²) in [5.41, 5.74) is 4.97. The number of amides is 12. The SMILES string of the molecule is CC(C)[C@]1(C)NC(=O)[C@H](Cc2ccc(O)cc2)NC(=O)[C@H](C)NC(=O)C(C)(C)NC(=O)[C@H](Cc2c[nH]c3ncccc23)NC(=O)[C@H]([C@@H](C)O)NC(=O)[C@@H]2CCCN2C(=O)[C@H](Cc2ccccc2)NC(=O)C(C(C)(C)C)NC(=O)CCSCc2cccc(c2)CSC[C@H](C(N)=O)NC(=O)C([C@H](C)O)NC1=O. The molecule has 2 bridgehead atoms. The van der Waals surface area contributed by atoms with E-state index in [0.29, 0.717) is 51.4 Å². The fourth-order valence-electron chi connectivity index (χ4n) is 11.9. The van der Waals surface area contributed by atoms with Gasteiger partial charge in [-0.1, -0.05) is 101 Å². The van der Waals surface area contributed by atoms with E-state index in [0.717, 1.165) is 11.1 Å². The van der Waals surface area contributed by atoms with Gasteiger partial charge >= 0.3 is 0 Å². The van der Waals surface area contributed by atoms with Crippen LogP contribution in [0.25, 0.3) is 11.0 Å². The van der Waals surface area contributed by atoms with Crippen LogP contribution in [0, 0.1) is 11.3 Å². The first kappa shape index (κ1) is 82.7. The maximum atomic E-state index is 15.0. The molecule has 16 N–H and O–H groups in total. The molecule has 31 heteroatoms. The first-order valence-electron chi connectivity index (χ1n) is 34.9. The molecule has 105 heavy (non-hydrogen) atoms. The second kappa shape index (κ2) is 36.9. The minimum absolute atomic E-state index is 0.0137. The lowest BCUT2D eigenvalue weighted by atomic mass is 9.85. The molecule has 568 valence electrons. The van der Waals surface area contributed by atoms with E-state index in [9.17, 15) is 68.1 Å². The molecule has 0 radical (unpaired) electrons. The summed E-state index contributed by atoms with van der Waals surface area (Å²) in [5, 5.41) is 59.7. The van der Waals surface area contributed by atoms with Crippen LogP contribution in [0.2, 0.25) is 0 Å². The molecular weight excluding hydrogens is 1390 g/mol. The van der Waals surface area contributed by atoms with Crippen LogP contribution in [-0.4, -0.2) is 197 Å². The third kappa shape index (κ3) is 23.0. The number of nitrogens with one attached hydrogen (secondary N) is 11. The van der Waals surface area contributed by atoms with E-state index >= 15 is 4.79 Å². The van der Waals surface area contributed by atoms with Crippen LogP contribution >= 0.6 is 23.5 Å². The number of nitrogens with zero attached hydrogens (tertiary/aromatic N) is 2. The van der Waals surface area contributed by atoms with Crippen molar-refractivity contribution in [2.75, 3.05) is 18.1 Å². The molecule has 4 heterocycles. The van der Waals surface area contributed by atoms with Crippen molar-refractivity contribution in [2.45, 2.75) is 204 Å². The number of aromatic amines is 1. The van der Waals surface area contributed by atoms with Gasteiger partial charge in [0.15, 0.2) is 0 Å². The Morgan fingerprint density at radius 3 is 1.87 bits per heavy atom. The Morgan fingerprint density at radius 1 is 0.638 bits per heavy atom. The van der Waals surface area contributed by atoms with Gasteiger partial charge in [-0.15, -0.1) is 0 Å². The van der Waals surface area contributed by atoms with Crippen LogP contribution in [0.5, 0.6) is 5.75 Å². The maximum absolute atomic E-state index is 15.0. The molecule has 3 aromatic carbocycles. The van der Waals surface area contributed by atoms with Crippen LogP contribution < -0.4 is 58.9 Å². The Labute approximate surface area is 619 Å². The van der Waals surface area contributed by atoms with Gasteiger partial charge in [-0.3, -0.25) is 57.5 Å². The zero-order valence-corrected chi connectivity index (χ0v) is 62.7. The van der Waals surface area contributed by atoms with E-state index < -0.39 is 160 Å². The minimum atomic E-state index is -1.89. The van der Waals surface area contributed by atoms with Gasteiger partial charge < -0.3 is 84.1 Å². The number of phenolic OH excluding ortho intramolecular Hbond substituents is 1. The number of rotatable bonds is 10. The van der Waals surface area contributed by atoms with Gasteiger partial charge in [0.25, 0.3) is 0 Å². The topological polar surface area (TPSA) is 444 Å². The minimum Gasteiger partial charge on any atom is -0.508 e. The average molecular weight is 1490 g/mol. The van der Waals surface area contributed by atoms with Crippen molar-refractivity contribution in [2.24, 2.45) is 17.1 Å². The van der Waals surface area contributed by atoms with Crippen LogP contribution in [-0.2, 0) is 88.3 Å². The fraction of sp³-hybridized carbons (Fsp3) is 0.500. The fourth-order valence-corrected chi connectivity index (χ4v) is 13.8. The second-order valence-corrected chi connectivity index (χ2v) is 31.0. The molecule has 5 aromatic rings. The average Bonchev–Trinajstić information content (AvgIpc) is 1.80. The number of pyridine rings is 1. The number of phenols is 1. The molecule has 0 saturated carbocycles. The molecular formula is C74H100N14O15S2. The molecule has 0 aliphatic carbocycles. The Hall–Kier alpha value is -9.59. The van der Waals surface area contributed by atoms with Gasteiger partial charge in [0.2, 0.25) is 70.9 Å². The van der Waals surface area contributed by atoms with Crippen LogP contribution in [0.3, 0.4) is 0 Å². The smallest absolute Gasteiger partial charge is 0.246 e. The monoisotopic (exact) mass is 1490 g/mol. The lowest BCUT2D eigenvalue weighted by molar-refractivity contribution is -0.143. The Kier molecular flexibility index (Phi) is 29.1. The highest BCUT2D eigenvalue weighted by atomic mass is 32.2. The highest BCUT2D eigenvalue weighted by Gasteiger charge is 2.45. The quantitative estimate of drug-likeness (QED) is 0.0941. The summed E-state index contributed by atoms with van der Waals surface area (Å²) >= 11 is 2.75.